The van der Waals surface area contributed by atoms with E-state index < -0.39 is 23.4 Å². The predicted molar refractivity (Wildman–Crippen MR) is 88.2 cm³/mol. The number of nitrogen functional groups attached to an aromatic ring is 1. The highest BCUT2D eigenvalue weighted by atomic mass is 32.1. The molecular weight excluding hydrogens is 341 g/mol. The first-order valence-corrected chi connectivity index (χ1v) is 7.46. The number of halogens is 3. The van der Waals surface area contributed by atoms with Gasteiger partial charge in [-0.05, 0) is 32.4 Å². The van der Waals surface area contributed by atoms with Crippen molar-refractivity contribution in [2.24, 2.45) is 0 Å². The second kappa shape index (κ2) is 6.08. The minimum absolute atomic E-state index is 0.0243. The van der Waals surface area contributed by atoms with E-state index in [0.717, 1.165) is 10.6 Å². The van der Waals surface area contributed by atoms with Crippen LogP contribution in [0, 0.1) is 0 Å². The highest BCUT2D eigenvalue weighted by molar-refractivity contribution is 7.80. The third-order valence-electron chi connectivity index (χ3n) is 3.13. The van der Waals surface area contributed by atoms with Crippen LogP contribution in [0.3, 0.4) is 0 Å². The number of aromatic nitrogens is 1. The van der Waals surface area contributed by atoms with Crippen molar-refractivity contribution in [1.82, 2.24) is 4.57 Å². The van der Waals surface area contributed by atoms with Gasteiger partial charge in [-0.15, -0.1) is 12.6 Å². The van der Waals surface area contributed by atoms with Gasteiger partial charge < -0.3 is 10.5 Å². The Labute approximate surface area is 142 Å². The van der Waals surface area contributed by atoms with Gasteiger partial charge in [-0.2, -0.15) is 13.2 Å². The summed E-state index contributed by atoms with van der Waals surface area (Å²) < 4.78 is 45.8. The Morgan fingerprint density at radius 2 is 1.75 bits per heavy atom. The number of alkyl halides is 3. The van der Waals surface area contributed by atoms with Crippen LogP contribution in [0.15, 0.2) is 35.5 Å². The lowest BCUT2D eigenvalue weighted by Gasteiger charge is -2.19. The van der Waals surface area contributed by atoms with Crippen LogP contribution in [0.5, 0.6) is 0 Å². The minimum atomic E-state index is -4.55. The van der Waals surface area contributed by atoms with Crippen LogP contribution in [0.1, 0.15) is 26.3 Å². The van der Waals surface area contributed by atoms with Gasteiger partial charge in [0, 0.05) is 11.8 Å². The van der Waals surface area contributed by atoms with Gasteiger partial charge in [0.25, 0.3) is 0 Å². The SMILES string of the molecule is CC(C)(C)OC(=O)n1cc(-c2ccccc2C(F)(F)F)c(N)c1S. The van der Waals surface area contributed by atoms with E-state index in [2.05, 4.69) is 12.6 Å². The fourth-order valence-corrected chi connectivity index (χ4v) is 2.40. The van der Waals surface area contributed by atoms with Crippen molar-refractivity contribution in [3.63, 3.8) is 0 Å². The third kappa shape index (κ3) is 3.69. The molecule has 0 radical (unpaired) electrons. The van der Waals surface area contributed by atoms with Crippen molar-refractivity contribution in [2.75, 3.05) is 5.73 Å². The zero-order valence-corrected chi connectivity index (χ0v) is 14.2. The lowest BCUT2D eigenvalue weighted by Crippen LogP contribution is -2.27. The summed E-state index contributed by atoms with van der Waals surface area (Å²) in [5.41, 5.74) is 4.19. The summed E-state index contributed by atoms with van der Waals surface area (Å²) in [6.45, 7) is 5.03. The molecule has 8 heteroatoms. The molecule has 24 heavy (non-hydrogen) atoms. The maximum Gasteiger partial charge on any atom is 0.419 e. The highest BCUT2D eigenvalue weighted by Gasteiger charge is 2.34. The number of hydrogen-bond acceptors (Lipinski definition) is 4. The van der Waals surface area contributed by atoms with Gasteiger partial charge in [0.05, 0.1) is 11.3 Å². The Bertz CT molecular complexity index is 777. The monoisotopic (exact) mass is 358 g/mol. The number of nitrogens with two attached hydrogens (primary N) is 1. The van der Waals surface area contributed by atoms with E-state index in [1.807, 2.05) is 0 Å². The van der Waals surface area contributed by atoms with Gasteiger partial charge in [-0.1, -0.05) is 18.2 Å². The summed E-state index contributed by atoms with van der Waals surface area (Å²) in [6, 6.07) is 5.00. The first-order valence-electron chi connectivity index (χ1n) is 7.01. The summed E-state index contributed by atoms with van der Waals surface area (Å²) in [5.74, 6) is 0. The Hall–Kier alpha value is -2.09. The number of nitrogens with zero attached hydrogens (tertiary/aromatic N) is 1. The molecule has 0 bridgehead atoms. The van der Waals surface area contributed by atoms with E-state index in [1.165, 1.54) is 24.4 Å². The summed E-state index contributed by atoms with van der Waals surface area (Å²) in [7, 11) is 0. The zero-order chi connectivity index (χ0) is 18.3. The Balaban J connectivity index is 2.56. The van der Waals surface area contributed by atoms with Gasteiger partial charge in [0.15, 0.2) is 0 Å². The molecule has 0 aliphatic carbocycles. The van der Waals surface area contributed by atoms with Crippen molar-refractivity contribution in [3.05, 3.63) is 36.0 Å². The fraction of sp³-hybridized carbons (Fsp3) is 0.312. The number of carbonyl (C=O) groups is 1. The first kappa shape index (κ1) is 18.3. The summed E-state index contributed by atoms with van der Waals surface area (Å²) >= 11 is 4.13. The molecule has 0 saturated carbocycles. The molecule has 0 saturated heterocycles. The maximum atomic E-state index is 13.2. The largest absolute Gasteiger partial charge is 0.443 e. The zero-order valence-electron chi connectivity index (χ0n) is 13.3. The molecule has 0 atom stereocenters. The van der Waals surface area contributed by atoms with Crippen LogP contribution in [-0.4, -0.2) is 16.3 Å². The van der Waals surface area contributed by atoms with Crippen LogP contribution in [0.4, 0.5) is 23.7 Å². The van der Waals surface area contributed by atoms with E-state index >= 15 is 0 Å². The quantitative estimate of drug-likeness (QED) is 0.718. The van der Waals surface area contributed by atoms with E-state index in [9.17, 15) is 18.0 Å². The summed E-state index contributed by atoms with van der Waals surface area (Å²) in [5, 5.41) is 0.0243. The number of anilines is 1. The molecule has 0 unspecified atom stereocenters. The molecule has 0 amide bonds. The normalized spacial score (nSPS) is 12.3. The number of rotatable bonds is 1. The first-order chi connectivity index (χ1) is 10.9. The Kier molecular flexibility index (Phi) is 4.63. The number of benzene rings is 1. The average molecular weight is 358 g/mol. The molecule has 0 spiro atoms. The van der Waals surface area contributed by atoms with Crippen LogP contribution in [-0.2, 0) is 10.9 Å². The molecule has 0 fully saturated rings. The summed E-state index contributed by atoms with van der Waals surface area (Å²) in [6.07, 6.45) is -4.11. The molecule has 1 aromatic carbocycles. The van der Waals surface area contributed by atoms with Crippen molar-refractivity contribution in [1.29, 1.82) is 0 Å². The Morgan fingerprint density at radius 3 is 2.29 bits per heavy atom. The van der Waals surface area contributed by atoms with Crippen LogP contribution < -0.4 is 5.73 Å². The molecule has 2 aromatic rings. The third-order valence-corrected chi connectivity index (χ3v) is 3.59. The van der Waals surface area contributed by atoms with E-state index in [1.54, 1.807) is 20.8 Å². The minimum Gasteiger partial charge on any atom is -0.443 e. The van der Waals surface area contributed by atoms with E-state index in [-0.39, 0.29) is 21.8 Å². The van der Waals surface area contributed by atoms with Crippen molar-refractivity contribution in [3.8, 4) is 11.1 Å². The lowest BCUT2D eigenvalue weighted by atomic mass is 10.0. The van der Waals surface area contributed by atoms with E-state index in [0.29, 0.717) is 0 Å². The second-order valence-corrected chi connectivity index (χ2v) is 6.60. The van der Waals surface area contributed by atoms with Crippen molar-refractivity contribution < 1.29 is 22.7 Å². The molecule has 2 rings (SSSR count). The molecule has 1 aromatic heterocycles. The molecule has 2 N–H and O–H groups in total. The molecule has 130 valence electrons. The lowest BCUT2D eigenvalue weighted by molar-refractivity contribution is -0.137. The number of ether oxygens (including phenoxy) is 1. The van der Waals surface area contributed by atoms with Gasteiger partial charge in [-0.3, -0.25) is 0 Å². The highest BCUT2D eigenvalue weighted by Crippen LogP contribution is 2.41. The molecule has 1 heterocycles. The average Bonchev–Trinajstić information content (AvgIpc) is 2.73. The second-order valence-electron chi connectivity index (χ2n) is 6.17. The van der Waals surface area contributed by atoms with Gasteiger partial charge in [0.1, 0.15) is 10.6 Å². The molecular formula is C16H17F3N2O2S. The van der Waals surface area contributed by atoms with Crippen molar-refractivity contribution >= 4 is 24.4 Å². The molecule has 4 nitrogen and oxygen atoms in total. The fourth-order valence-electron chi connectivity index (χ4n) is 2.14. The van der Waals surface area contributed by atoms with Gasteiger partial charge in [-0.25, -0.2) is 9.36 Å². The van der Waals surface area contributed by atoms with Crippen LogP contribution >= 0.6 is 12.6 Å². The van der Waals surface area contributed by atoms with Gasteiger partial charge in [0.2, 0.25) is 0 Å². The number of carbonyl (C=O) groups excluding carboxylic acids is 1. The number of thiol groups is 1. The molecule has 0 aliphatic rings. The number of hydrogen-bond donors (Lipinski definition) is 2. The summed E-state index contributed by atoms with van der Waals surface area (Å²) in [4.78, 5) is 12.2. The Morgan fingerprint density at radius 1 is 1.17 bits per heavy atom. The van der Waals surface area contributed by atoms with Gasteiger partial charge >= 0.3 is 12.3 Å². The van der Waals surface area contributed by atoms with Crippen LogP contribution in [0.25, 0.3) is 11.1 Å². The standard InChI is InChI=1S/C16H17F3N2O2S/c1-15(2,3)23-14(22)21-8-10(12(20)13(21)24)9-6-4-5-7-11(9)16(17,18)19/h4-8,24H,20H2,1-3H3. The molecule has 0 aliphatic heterocycles. The topological polar surface area (TPSA) is 57.2 Å². The van der Waals surface area contributed by atoms with Crippen molar-refractivity contribution in [2.45, 2.75) is 37.6 Å². The smallest absolute Gasteiger partial charge is 0.419 e. The predicted octanol–water partition coefficient (Wildman–Crippen LogP) is 4.83. The van der Waals surface area contributed by atoms with E-state index in [4.69, 9.17) is 10.5 Å². The van der Waals surface area contributed by atoms with Crippen LogP contribution in [0.2, 0.25) is 0 Å². The maximum absolute atomic E-state index is 13.2.